The first-order valence-electron chi connectivity index (χ1n) is 9.84. The fourth-order valence-corrected chi connectivity index (χ4v) is 4.21. The number of aromatic nitrogens is 2. The Morgan fingerprint density at radius 2 is 1.93 bits per heavy atom. The van der Waals surface area contributed by atoms with Crippen LogP contribution in [0.25, 0.3) is 22.0 Å². The van der Waals surface area contributed by atoms with Crippen LogP contribution in [-0.2, 0) is 0 Å². The molecule has 1 saturated heterocycles. The minimum atomic E-state index is -0.00705. The van der Waals surface area contributed by atoms with E-state index in [0.717, 1.165) is 59.3 Å². The van der Waals surface area contributed by atoms with E-state index in [-0.39, 0.29) is 5.91 Å². The van der Waals surface area contributed by atoms with Crippen molar-refractivity contribution >= 4 is 27.9 Å². The average Bonchev–Trinajstić information content (AvgIpc) is 3.29. The molecule has 5 rings (SSSR count). The van der Waals surface area contributed by atoms with Gasteiger partial charge in [0.2, 0.25) is 0 Å². The molecule has 0 saturated carbocycles. The number of aromatic amines is 1. The summed E-state index contributed by atoms with van der Waals surface area (Å²) in [6, 6.07) is 14.1. The predicted molar refractivity (Wildman–Crippen MR) is 110 cm³/mol. The molecule has 0 bridgehead atoms. The van der Waals surface area contributed by atoms with Gasteiger partial charge in [-0.25, -0.2) is 4.98 Å². The molecule has 1 N–H and O–H groups in total. The molecule has 0 spiro atoms. The van der Waals surface area contributed by atoms with Crippen LogP contribution < -0.4 is 0 Å². The van der Waals surface area contributed by atoms with Crippen molar-refractivity contribution in [3.63, 3.8) is 0 Å². The molecule has 2 aromatic carbocycles. The Balaban J connectivity index is 1.33. The zero-order valence-electron chi connectivity index (χ0n) is 16.2. The van der Waals surface area contributed by atoms with Gasteiger partial charge in [-0.05, 0) is 50.5 Å². The Labute approximate surface area is 163 Å². The van der Waals surface area contributed by atoms with Gasteiger partial charge in [-0.15, -0.1) is 0 Å². The molecule has 0 unspecified atom stereocenters. The van der Waals surface area contributed by atoms with Crippen molar-refractivity contribution in [2.75, 3.05) is 13.1 Å². The van der Waals surface area contributed by atoms with Crippen molar-refractivity contribution in [2.45, 2.75) is 32.6 Å². The van der Waals surface area contributed by atoms with Gasteiger partial charge in [0.05, 0.1) is 11.0 Å². The van der Waals surface area contributed by atoms with Crippen molar-refractivity contribution in [3.05, 3.63) is 65.2 Å². The zero-order chi connectivity index (χ0) is 19.3. The van der Waals surface area contributed by atoms with Gasteiger partial charge in [0, 0.05) is 30.0 Å². The summed E-state index contributed by atoms with van der Waals surface area (Å²) < 4.78 is 5.87. The highest BCUT2D eigenvalue weighted by Gasteiger charge is 2.29. The van der Waals surface area contributed by atoms with Gasteiger partial charge >= 0.3 is 0 Å². The molecule has 142 valence electrons. The van der Waals surface area contributed by atoms with E-state index >= 15 is 0 Å². The van der Waals surface area contributed by atoms with Crippen molar-refractivity contribution < 1.29 is 9.21 Å². The fourth-order valence-electron chi connectivity index (χ4n) is 4.21. The van der Waals surface area contributed by atoms with Gasteiger partial charge < -0.3 is 14.3 Å². The van der Waals surface area contributed by atoms with Crippen LogP contribution in [0.5, 0.6) is 0 Å². The number of rotatable bonds is 2. The van der Waals surface area contributed by atoms with E-state index in [1.165, 1.54) is 5.56 Å². The molecule has 2 aromatic heterocycles. The highest BCUT2D eigenvalue weighted by atomic mass is 16.3. The van der Waals surface area contributed by atoms with Gasteiger partial charge in [-0.3, -0.25) is 4.79 Å². The number of furan rings is 1. The molecule has 5 nitrogen and oxygen atoms in total. The molecular formula is C23H23N3O2. The number of hydrogen-bond acceptors (Lipinski definition) is 3. The smallest absolute Gasteiger partial charge is 0.289 e. The summed E-state index contributed by atoms with van der Waals surface area (Å²) in [7, 11) is 0. The van der Waals surface area contributed by atoms with Crippen LogP contribution in [0, 0.1) is 13.8 Å². The van der Waals surface area contributed by atoms with Gasteiger partial charge in [-0.1, -0.05) is 24.3 Å². The second-order valence-corrected chi connectivity index (χ2v) is 7.76. The highest BCUT2D eigenvalue weighted by Crippen LogP contribution is 2.31. The van der Waals surface area contributed by atoms with Crippen LogP contribution in [0.1, 0.15) is 46.3 Å². The molecule has 1 fully saturated rings. The van der Waals surface area contributed by atoms with Crippen LogP contribution in [0.2, 0.25) is 0 Å². The lowest BCUT2D eigenvalue weighted by Crippen LogP contribution is -2.38. The van der Waals surface area contributed by atoms with Gasteiger partial charge in [0.1, 0.15) is 11.4 Å². The van der Waals surface area contributed by atoms with Crippen molar-refractivity contribution in [1.82, 2.24) is 14.9 Å². The lowest BCUT2D eigenvalue weighted by Gasteiger charge is -2.30. The SMILES string of the molecule is Cc1ccc2nc(C3CCN(C(=O)c4oc5ccccc5c4C)CC3)[nH]c2c1. The Hall–Kier alpha value is -3.08. The number of hydrogen-bond donors (Lipinski definition) is 1. The maximum atomic E-state index is 13.0. The minimum absolute atomic E-state index is 0.00705. The molecular weight excluding hydrogens is 350 g/mol. The second kappa shape index (κ2) is 6.51. The number of nitrogens with one attached hydrogen (secondary N) is 1. The number of para-hydroxylation sites is 1. The number of carbonyl (C=O) groups is 1. The highest BCUT2D eigenvalue weighted by molar-refractivity contribution is 5.99. The average molecular weight is 373 g/mol. The van der Waals surface area contributed by atoms with E-state index in [9.17, 15) is 4.79 Å². The molecule has 0 radical (unpaired) electrons. The molecule has 0 aliphatic carbocycles. The Morgan fingerprint density at radius 3 is 2.71 bits per heavy atom. The first kappa shape index (κ1) is 17.0. The topological polar surface area (TPSA) is 62.1 Å². The van der Waals surface area contributed by atoms with E-state index in [4.69, 9.17) is 9.40 Å². The van der Waals surface area contributed by atoms with Crippen LogP contribution in [-0.4, -0.2) is 33.9 Å². The van der Waals surface area contributed by atoms with Crippen molar-refractivity contribution in [2.24, 2.45) is 0 Å². The van der Waals surface area contributed by atoms with E-state index < -0.39 is 0 Å². The lowest BCUT2D eigenvalue weighted by molar-refractivity contribution is 0.0680. The van der Waals surface area contributed by atoms with Gasteiger partial charge in [0.25, 0.3) is 5.91 Å². The van der Waals surface area contributed by atoms with Crippen LogP contribution in [0.15, 0.2) is 46.9 Å². The number of nitrogens with zero attached hydrogens (tertiary/aromatic N) is 2. The number of carbonyl (C=O) groups excluding carboxylic acids is 1. The summed E-state index contributed by atoms with van der Waals surface area (Å²) in [6.07, 6.45) is 1.81. The van der Waals surface area contributed by atoms with E-state index in [2.05, 4.69) is 30.1 Å². The second-order valence-electron chi connectivity index (χ2n) is 7.76. The van der Waals surface area contributed by atoms with Gasteiger partial charge in [0.15, 0.2) is 5.76 Å². The third-order valence-electron chi connectivity index (χ3n) is 5.86. The number of H-pyrrole nitrogens is 1. The lowest BCUT2D eigenvalue weighted by atomic mass is 9.96. The Morgan fingerprint density at radius 1 is 1.14 bits per heavy atom. The van der Waals surface area contributed by atoms with Crippen LogP contribution >= 0.6 is 0 Å². The third kappa shape index (κ3) is 2.78. The Kier molecular flexibility index (Phi) is 3.97. The number of benzene rings is 2. The number of aryl methyl sites for hydroxylation is 2. The molecule has 0 atom stereocenters. The fraction of sp³-hybridized carbons (Fsp3) is 0.304. The van der Waals surface area contributed by atoms with E-state index in [0.29, 0.717) is 11.7 Å². The summed E-state index contributed by atoms with van der Waals surface area (Å²) >= 11 is 0. The quantitative estimate of drug-likeness (QED) is 0.541. The van der Waals surface area contributed by atoms with Crippen LogP contribution in [0.3, 0.4) is 0 Å². The van der Waals surface area contributed by atoms with Crippen LogP contribution in [0.4, 0.5) is 0 Å². The zero-order valence-corrected chi connectivity index (χ0v) is 16.2. The summed E-state index contributed by atoms with van der Waals surface area (Å²) in [5.74, 6) is 1.85. The maximum Gasteiger partial charge on any atom is 0.289 e. The summed E-state index contributed by atoms with van der Waals surface area (Å²) in [5.41, 5.74) is 5.03. The molecule has 3 heterocycles. The van der Waals surface area contributed by atoms with Crippen molar-refractivity contribution in [3.8, 4) is 0 Å². The monoisotopic (exact) mass is 373 g/mol. The maximum absolute atomic E-state index is 13.0. The van der Waals surface area contributed by atoms with Gasteiger partial charge in [-0.2, -0.15) is 0 Å². The number of likely N-dealkylation sites (tertiary alicyclic amines) is 1. The first-order valence-corrected chi connectivity index (χ1v) is 9.84. The molecule has 1 amide bonds. The summed E-state index contributed by atoms with van der Waals surface area (Å²) in [6.45, 7) is 5.48. The first-order chi connectivity index (χ1) is 13.6. The summed E-state index contributed by atoms with van der Waals surface area (Å²) in [5, 5.41) is 1.01. The number of piperidine rings is 1. The molecule has 1 aliphatic rings. The van der Waals surface area contributed by atoms with E-state index in [1.54, 1.807) is 0 Å². The van der Waals surface area contributed by atoms with Crippen molar-refractivity contribution in [1.29, 1.82) is 0 Å². The Bertz CT molecular complexity index is 1180. The molecule has 4 aromatic rings. The number of imidazole rings is 1. The standard InChI is InChI=1S/C23H23N3O2/c1-14-7-8-18-19(13-14)25-22(24-18)16-9-11-26(12-10-16)23(27)21-15(2)17-5-3-4-6-20(17)28-21/h3-8,13,16H,9-12H2,1-2H3,(H,24,25). The molecule has 28 heavy (non-hydrogen) atoms. The molecule has 5 heteroatoms. The predicted octanol–water partition coefficient (Wildman–Crippen LogP) is 4.95. The number of amides is 1. The largest absolute Gasteiger partial charge is 0.451 e. The summed E-state index contributed by atoms with van der Waals surface area (Å²) in [4.78, 5) is 23.2. The normalized spacial score (nSPS) is 15.6. The van der Waals surface area contributed by atoms with E-state index in [1.807, 2.05) is 36.1 Å². The third-order valence-corrected chi connectivity index (χ3v) is 5.86. The minimum Gasteiger partial charge on any atom is -0.451 e. The number of fused-ring (bicyclic) bond motifs is 2. The molecule has 1 aliphatic heterocycles.